The van der Waals surface area contributed by atoms with Gasteiger partial charge in [0.05, 0.1) is 0 Å². The SMILES string of the molecule is CN(C)CCC(O)(P(=O)(O)O)P(=O)(O)O.[H-].[Na+]. The number of rotatable bonds is 5. The van der Waals surface area contributed by atoms with Gasteiger partial charge in [-0.3, -0.25) is 9.13 Å². The van der Waals surface area contributed by atoms with Gasteiger partial charge in [0.25, 0.3) is 5.08 Å². The van der Waals surface area contributed by atoms with Crippen LogP contribution >= 0.6 is 15.2 Å². The molecule has 0 saturated carbocycles. The largest absolute Gasteiger partial charge is 1.00 e. The molecule has 0 aromatic rings. The van der Waals surface area contributed by atoms with Gasteiger partial charge in [-0.15, -0.1) is 0 Å². The summed E-state index contributed by atoms with van der Waals surface area (Å²) in [5.41, 5.74) is 0. The van der Waals surface area contributed by atoms with Crippen molar-refractivity contribution in [1.29, 1.82) is 0 Å². The molecule has 0 radical (unpaired) electrons. The molecule has 0 saturated heterocycles. The molecule has 0 fully saturated rings. The minimum Gasteiger partial charge on any atom is -1.00 e. The van der Waals surface area contributed by atoms with Gasteiger partial charge in [0.1, 0.15) is 0 Å². The second-order valence-electron chi connectivity index (χ2n) is 3.42. The fraction of sp³-hybridized carbons (Fsp3) is 1.00. The van der Waals surface area contributed by atoms with E-state index in [1.54, 1.807) is 14.1 Å². The molecule has 5 N–H and O–H groups in total. The maximum absolute atomic E-state index is 10.8. The summed E-state index contributed by atoms with van der Waals surface area (Å²) < 4.78 is 21.7. The number of aliphatic hydroxyl groups is 1. The zero-order valence-corrected chi connectivity index (χ0v) is 13.1. The molecule has 16 heavy (non-hydrogen) atoms. The summed E-state index contributed by atoms with van der Waals surface area (Å²) in [5, 5.41) is 6.08. The van der Waals surface area contributed by atoms with Crippen LogP contribution in [-0.2, 0) is 9.13 Å². The average molecular weight is 287 g/mol. The Balaban J connectivity index is -0.000000980. The summed E-state index contributed by atoms with van der Waals surface area (Å²) >= 11 is 0. The van der Waals surface area contributed by atoms with Crippen molar-refractivity contribution in [3.63, 3.8) is 0 Å². The van der Waals surface area contributed by atoms with Gasteiger partial charge >= 0.3 is 44.7 Å². The zero-order chi connectivity index (χ0) is 12.5. The minimum absolute atomic E-state index is 0. The molecule has 94 valence electrons. The monoisotopic (exact) mass is 287 g/mol. The maximum Gasteiger partial charge on any atom is 1.00 e. The number of hydrogen-bond acceptors (Lipinski definition) is 4. The van der Waals surface area contributed by atoms with E-state index in [-0.39, 0.29) is 37.5 Å². The van der Waals surface area contributed by atoms with Gasteiger partial charge in [0, 0.05) is 13.0 Å². The van der Waals surface area contributed by atoms with Gasteiger partial charge < -0.3 is 31.0 Å². The molecule has 0 heterocycles. The molecule has 0 spiro atoms. The van der Waals surface area contributed by atoms with Gasteiger partial charge in [-0.1, -0.05) is 0 Å². The van der Waals surface area contributed by atoms with E-state index in [1.807, 2.05) is 0 Å². The first kappa shape index (κ1) is 19.6. The van der Waals surface area contributed by atoms with E-state index >= 15 is 0 Å². The van der Waals surface area contributed by atoms with Crippen LogP contribution in [0.4, 0.5) is 0 Å². The van der Waals surface area contributed by atoms with Gasteiger partial charge in [0.2, 0.25) is 0 Å². The first-order valence-electron chi connectivity index (χ1n) is 3.90. The Bertz CT molecular complexity index is 293. The van der Waals surface area contributed by atoms with Gasteiger partial charge in [-0.2, -0.15) is 0 Å². The van der Waals surface area contributed by atoms with Crippen molar-refractivity contribution in [2.24, 2.45) is 0 Å². The topological polar surface area (TPSA) is 139 Å². The quantitative estimate of drug-likeness (QED) is 0.255. The summed E-state index contributed by atoms with van der Waals surface area (Å²) in [6.07, 6.45) is -0.714. The van der Waals surface area contributed by atoms with Crippen molar-refractivity contribution in [2.75, 3.05) is 20.6 Å². The Morgan fingerprint density at radius 3 is 1.62 bits per heavy atom. The number of nitrogens with zero attached hydrogens (tertiary/aromatic N) is 1. The first-order chi connectivity index (χ1) is 6.42. The third-order valence-electron chi connectivity index (χ3n) is 1.83. The molecule has 0 aliphatic carbocycles. The summed E-state index contributed by atoms with van der Waals surface area (Å²) in [7, 11) is -7.52. The predicted molar refractivity (Wildman–Crippen MR) is 53.3 cm³/mol. The second kappa shape index (κ2) is 6.41. The Morgan fingerprint density at radius 2 is 1.44 bits per heavy atom. The predicted octanol–water partition coefficient (Wildman–Crippen LogP) is -3.94. The normalized spacial score (nSPS) is 13.8. The van der Waals surface area contributed by atoms with E-state index in [2.05, 4.69) is 0 Å². The third-order valence-corrected chi connectivity index (χ3v) is 5.70. The van der Waals surface area contributed by atoms with E-state index in [9.17, 15) is 14.2 Å². The van der Waals surface area contributed by atoms with Crippen molar-refractivity contribution >= 4 is 15.2 Å². The van der Waals surface area contributed by atoms with Crippen molar-refractivity contribution in [1.82, 2.24) is 4.90 Å². The number of hydrogen-bond donors (Lipinski definition) is 5. The molecule has 0 aromatic carbocycles. The molecule has 11 heteroatoms. The van der Waals surface area contributed by atoms with Gasteiger partial charge in [-0.25, -0.2) is 0 Å². The molecule has 0 aromatic heterocycles. The van der Waals surface area contributed by atoms with Crippen LogP contribution in [0.5, 0.6) is 0 Å². The second-order valence-corrected chi connectivity index (χ2v) is 7.42. The van der Waals surface area contributed by atoms with Gasteiger partial charge in [0.15, 0.2) is 0 Å². The Morgan fingerprint density at radius 1 is 1.12 bits per heavy atom. The fourth-order valence-corrected chi connectivity index (χ4v) is 2.97. The molecule has 8 nitrogen and oxygen atoms in total. The Kier molecular flexibility index (Phi) is 7.83. The molecular formula is C5H16NNaO7P2. The van der Waals surface area contributed by atoms with E-state index < -0.39 is 26.7 Å². The van der Waals surface area contributed by atoms with E-state index in [0.29, 0.717) is 0 Å². The maximum atomic E-state index is 10.8. The van der Waals surface area contributed by atoms with Crippen LogP contribution < -0.4 is 29.6 Å². The van der Waals surface area contributed by atoms with Crippen molar-refractivity contribution in [3.8, 4) is 0 Å². The van der Waals surface area contributed by atoms with Crippen LogP contribution in [0.15, 0.2) is 0 Å². The van der Waals surface area contributed by atoms with Crippen LogP contribution in [0.2, 0.25) is 0 Å². The van der Waals surface area contributed by atoms with Crippen LogP contribution in [-0.4, -0.2) is 55.3 Å². The van der Waals surface area contributed by atoms with Gasteiger partial charge in [-0.05, 0) is 14.1 Å². The van der Waals surface area contributed by atoms with Crippen molar-refractivity contribution in [2.45, 2.75) is 11.5 Å². The molecule has 0 rings (SSSR count). The summed E-state index contributed by atoms with van der Waals surface area (Å²) in [6, 6.07) is 0. The van der Waals surface area contributed by atoms with Crippen LogP contribution in [0.1, 0.15) is 7.85 Å². The molecule has 0 aliphatic rings. The molecule has 0 bridgehead atoms. The van der Waals surface area contributed by atoms with E-state index in [0.717, 1.165) is 0 Å². The Hall–Kier alpha value is 1.22. The first-order valence-corrected chi connectivity index (χ1v) is 7.12. The molecule has 0 aliphatic heterocycles. The van der Waals surface area contributed by atoms with Crippen molar-refractivity contribution in [3.05, 3.63) is 0 Å². The van der Waals surface area contributed by atoms with Crippen LogP contribution in [0.25, 0.3) is 0 Å². The Labute approximate surface area is 117 Å². The molecule has 0 amide bonds. The zero-order valence-electron chi connectivity index (χ0n) is 10.3. The van der Waals surface area contributed by atoms with E-state index in [4.69, 9.17) is 19.6 Å². The molecular weight excluding hydrogens is 271 g/mol. The molecule has 0 atom stereocenters. The van der Waals surface area contributed by atoms with E-state index in [1.165, 1.54) is 4.90 Å². The third kappa shape index (κ3) is 4.84. The average Bonchev–Trinajstić information content (AvgIpc) is 1.95. The summed E-state index contributed by atoms with van der Waals surface area (Å²) in [4.78, 5) is 36.4. The standard InChI is InChI=1S/C5H15NO7P2.Na.H/c1-6(2)4-3-5(7,14(8,9)10)15(11,12)13;;/h7H,3-4H2,1-2H3,(H2,8,9,10)(H2,11,12,13);;/q;+1;-1. The van der Waals surface area contributed by atoms with Crippen LogP contribution in [0, 0.1) is 0 Å². The summed E-state index contributed by atoms with van der Waals surface area (Å²) in [6.45, 7) is -0.0628. The summed E-state index contributed by atoms with van der Waals surface area (Å²) in [5.74, 6) is 0. The smallest absolute Gasteiger partial charge is 1.00 e. The van der Waals surface area contributed by atoms with Crippen molar-refractivity contribution < 1.29 is 64.8 Å². The molecule has 0 unspecified atom stereocenters. The minimum atomic E-state index is -5.30. The van der Waals surface area contributed by atoms with Crippen LogP contribution in [0.3, 0.4) is 0 Å². The fourth-order valence-electron chi connectivity index (χ4n) is 0.835.